The topological polar surface area (TPSA) is 83.6 Å². The van der Waals surface area contributed by atoms with Crippen LogP contribution in [0.1, 0.15) is 30.1 Å². The fourth-order valence-corrected chi connectivity index (χ4v) is 3.72. The summed E-state index contributed by atoms with van der Waals surface area (Å²) in [7, 11) is 1.65. The summed E-state index contributed by atoms with van der Waals surface area (Å²) < 4.78 is 4.96. The van der Waals surface area contributed by atoms with E-state index in [1.165, 1.54) is 11.8 Å². The minimum atomic E-state index is -0.259. The van der Waals surface area contributed by atoms with Gasteiger partial charge in [-0.3, -0.25) is 9.59 Å². The van der Waals surface area contributed by atoms with Crippen LogP contribution in [-0.2, 0) is 9.53 Å². The first-order valence-electron chi connectivity index (χ1n) is 9.01. The summed E-state index contributed by atoms with van der Waals surface area (Å²) in [5.41, 5.74) is 0.510. The number of methoxy groups -OCH3 is 1. The van der Waals surface area contributed by atoms with Crippen LogP contribution in [-0.4, -0.2) is 73.4 Å². The van der Waals surface area contributed by atoms with Crippen molar-refractivity contribution in [2.75, 3.05) is 46.4 Å². The van der Waals surface area contributed by atoms with Crippen LogP contribution in [0.5, 0.6) is 0 Å². The lowest BCUT2D eigenvalue weighted by atomic mass is 10.2. The van der Waals surface area contributed by atoms with E-state index in [1.54, 1.807) is 25.4 Å². The van der Waals surface area contributed by atoms with Gasteiger partial charge in [0.2, 0.25) is 5.91 Å². The van der Waals surface area contributed by atoms with Crippen LogP contribution in [0.15, 0.2) is 23.4 Å². The number of rotatable bonds is 10. The molecule has 2 heterocycles. The van der Waals surface area contributed by atoms with Crippen molar-refractivity contribution in [3.63, 3.8) is 0 Å². The molecule has 1 unspecified atom stereocenters. The van der Waals surface area contributed by atoms with E-state index >= 15 is 0 Å². The Morgan fingerprint density at radius 1 is 1.25 bits per heavy atom. The number of nitrogens with zero attached hydrogens (tertiary/aromatic N) is 2. The van der Waals surface area contributed by atoms with Crippen molar-refractivity contribution in [1.82, 2.24) is 20.5 Å². The second-order valence-electron chi connectivity index (χ2n) is 6.15. The van der Waals surface area contributed by atoms with E-state index in [0.29, 0.717) is 30.3 Å². The molecule has 1 fully saturated rings. The number of halogens is 2. The number of aromatic nitrogens is 1. The molecule has 1 aliphatic rings. The fourth-order valence-electron chi connectivity index (χ4n) is 2.73. The van der Waals surface area contributed by atoms with Gasteiger partial charge in [0.05, 0.1) is 17.4 Å². The predicted octanol–water partition coefficient (Wildman–Crippen LogP) is 1.99. The molecule has 28 heavy (non-hydrogen) atoms. The number of carbonyl (C=O) groups is 2. The van der Waals surface area contributed by atoms with E-state index in [1.807, 2.05) is 11.8 Å². The van der Waals surface area contributed by atoms with Crippen LogP contribution in [0.3, 0.4) is 0 Å². The maximum atomic E-state index is 12.5. The first-order chi connectivity index (χ1) is 12.6. The van der Waals surface area contributed by atoms with E-state index < -0.39 is 0 Å². The van der Waals surface area contributed by atoms with E-state index in [-0.39, 0.29) is 41.9 Å². The first kappa shape index (κ1) is 26.9. The summed E-state index contributed by atoms with van der Waals surface area (Å²) in [5.74, 6) is -0.0539. The molecule has 1 aromatic heterocycles. The zero-order valence-corrected chi connectivity index (χ0v) is 18.8. The zero-order valence-electron chi connectivity index (χ0n) is 16.3. The second kappa shape index (κ2) is 14.9. The third-order valence-electron chi connectivity index (χ3n) is 4.14. The van der Waals surface area contributed by atoms with Crippen LogP contribution in [0.4, 0.5) is 0 Å². The smallest absolute Gasteiger partial charge is 0.254 e. The average Bonchev–Trinajstić information content (AvgIpc) is 3.19. The zero-order chi connectivity index (χ0) is 18.8. The molecule has 0 aliphatic carbocycles. The normalized spacial score (nSPS) is 14.0. The Morgan fingerprint density at radius 2 is 1.96 bits per heavy atom. The minimum absolute atomic E-state index is 0. The summed E-state index contributed by atoms with van der Waals surface area (Å²) in [4.78, 5) is 31.1. The standard InChI is InChI=1S/C18H28N4O3S.2ClH/c1-14(18(24)22-11-3-4-12-22)26-17-15(6-5-7-21-17)16(23)20-9-8-19-10-13-25-2;;/h5-7,14,19H,3-4,8-13H2,1-2H3,(H,20,23);2*1H. The van der Waals surface area contributed by atoms with Gasteiger partial charge < -0.3 is 20.3 Å². The highest BCUT2D eigenvalue weighted by Gasteiger charge is 2.25. The Balaban J connectivity index is 0.00000364. The maximum Gasteiger partial charge on any atom is 0.254 e. The molecule has 0 radical (unpaired) electrons. The highest BCUT2D eigenvalue weighted by molar-refractivity contribution is 8.00. The number of ether oxygens (including phenoxy) is 1. The van der Waals surface area contributed by atoms with Gasteiger partial charge in [0.1, 0.15) is 5.03 Å². The lowest BCUT2D eigenvalue weighted by Gasteiger charge is -2.20. The number of pyridine rings is 1. The molecule has 7 nitrogen and oxygen atoms in total. The van der Waals surface area contributed by atoms with E-state index in [9.17, 15) is 9.59 Å². The molecule has 160 valence electrons. The number of nitrogens with one attached hydrogen (secondary N) is 2. The van der Waals surface area contributed by atoms with Crippen LogP contribution in [0, 0.1) is 0 Å². The SMILES string of the molecule is COCCNCCNC(=O)c1cccnc1SC(C)C(=O)N1CCCC1.Cl.Cl. The van der Waals surface area contributed by atoms with Gasteiger partial charge in [-0.1, -0.05) is 11.8 Å². The molecular formula is C18H30Cl2N4O3S. The van der Waals surface area contributed by atoms with Crippen molar-refractivity contribution in [2.45, 2.75) is 30.0 Å². The third kappa shape index (κ3) is 8.53. The number of hydrogen-bond donors (Lipinski definition) is 2. The highest BCUT2D eigenvalue weighted by Crippen LogP contribution is 2.26. The fraction of sp³-hybridized carbons (Fsp3) is 0.611. The van der Waals surface area contributed by atoms with E-state index in [0.717, 1.165) is 32.5 Å². The van der Waals surface area contributed by atoms with Crippen LogP contribution < -0.4 is 10.6 Å². The van der Waals surface area contributed by atoms with Crippen LogP contribution in [0.2, 0.25) is 0 Å². The van der Waals surface area contributed by atoms with Crippen molar-refractivity contribution in [2.24, 2.45) is 0 Å². The molecule has 2 rings (SSSR count). The number of hydrogen-bond acceptors (Lipinski definition) is 6. The minimum Gasteiger partial charge on any atom is -0.383 e. The lowest BCUT2D eigenvalue weighted by Crippen LogP contribution is -2.35. The summed E-state index contributed by atoms with van der Waals surface area (Å²) in [6, 6.07) is 3.48. The first-order valence-corrected chi connectivity index (χ1v) is 9.89. The molecule has 2 amide bonds. The van der Waals surface area contributed by atoms with Crippen molar-refractivity contribution in [3.8, 4) is 0 Å². The Hall–Kier alpha value is -1.06. The molecule has 0 saturated carbocycles. The predicted molar refractivity (Wildman–Crippen MR) is 117 cm³/mol. The van der Waals surface area contributed by atoms with Crippen molar-refractivity contribution in [3.05, 3.63) is 23.9 Å². The van der Waals surface area contributed by atoms with Gasteiger partial charge >= 0.3 is 0 Å². The molecule has 1 aliphatic heterocycles. The van der Waals surface area contributed by atoms with E-state index in [4.69, 9.17) is 4.74 Å². The Morgan fingerprint density at radius 3 is 2.64 bits per heavy atom. The molecule has 1 atom stereocenters. The molecule has 0 spiro atoms. The van der Waals surface area contributed by atoms with Crippen molar-refractivity contribution >= 4 is 48.4 Å². The summed E-state index contributed by atoms with van der Waals surface area (Å²) in [5, 5.41) is 6.39. The number of carbonyl (C=O) groups excluding carboxylic acids is 2. The van der Waals surface area contributed by atoms with Gasteiger partial charge in [-0.15, -0.1) is 24.8 Å². The van der Waals surface area contributed by atoms with Gasteiger partial charge in [0.15, 0.2) is 0 Å². The Bertz CT molecular complexity index is 604. The van der Waals surface area contributed by atoms with Crippen molar-refractivity contribution in [1.29, 1.82) is 0 Å². The highest BCUT2D eigenvalue weighted by atomic mass is 35.5. The van der Waals surface area contributed by atoms with Crippen LogP contribution in [0.25, 0.3) is 0 Å². The number of thioether (sulfide) groups is 1. The number of likely N-dealkylation sites (tertiary alicyclic amines) is 1. The average molecular weight is 453 g/mol. The van der Waals surface area contributed by atoms with E-state index in [2.05, 4.69) is 15.6 Å². The quantitative estimate of drug-likeness (QED) is 0.417. The Kier molecular flexibility index (Phi) is 14.3. The van der Waals surface area contributed by atoms with Gasteiger partial charge in [0.25, 0.3) is 5.91 Å². The largest absolute Gasteiger partial charge is 0.383 e. The molecule has 0 aromatic carbocycles. The summed E-state index contributed by atoms with van der Waals surface area (Å²) in [6.07, 6.45) is 3.79. The van der Waals surface area contributed by atoms with Crippen molar-refractivity contribution < 1.29 is 14.3 Å². The lowest BCUT2D eigenvalue weighted by molar-refractivity contribution is -0.129. The molecule has 0 bridgehead atoms. The van der Waals surface area contributed by atoms with Crippen LogP contribution >= 0.6 is 36.6 Å². The maximum absolute atomic E-state index is 12.5. The molecule has 10 heteroatoms. The monoisotopic (exact) mass is 452 g/mol. The molecule has 1 aromatic rings. The third-order valence-corrected chi connectivity index (χ3v) is 5.24. The van der Waals surface area contributed by atoms with Gasteiger partial charge in [0, 0.05) is 46.0 Å². The summed E-state index contributed by atoms with van der Waals surface area (Å²) >= 11 is 1.35. The molecular weight excluding hydrogens is 423 g/mol. The van der Waals surface area contributed by atoms with Gasteiger partial charge in [-0.05, 0) is 31.9 Å². The van der Waals surface area contributed by atoms with Gasteiger partial charge in [-0.2, -0.15) is 0 Å². The second-order valence-corrected chi connectivity index (χ2v) is 7.48. The summed E-state index contributed by atoms with van der Waals surface area (Å²) in [6.45, 7) is 6.11. The number of amides is 2. The molecule has 1 saturated heterocycles. The Labute approximate surface area is 183 Å². The van der Waals surface area contributed by atoms with Gasteiger partial charge in [-0.25, -0.2) is 4.98 Å². The molecule has 2 N–H and O–H groups in total.